The molecule has 2 atom stereocenters. The fourth-order valence-corrected chi connectivity index (χ4v) is 4.14. The van der Waals surface area contributed by atoms with Crippen LogP contribution in [0.5, 0.6) is 0 Å². The van der Waals surface area contributed by atoms with Crippen molar-refractivity contribution in [2.24, 2.45) is 5.73 Å². The Morgan fingerprint density at radius 3 is 2.56 bits per heavy atom. The van der Waals surface area contributed by atoms with E-state index >= 15 is 0 Å². The van der Waals surface area contributed by atoms with Crippen LogP contribution in [0.3, 0.4) is 0 Å². The lowest BCUT2D eigenvalue weighted by Gasteiger charge is -2.39. The maximum absolute atomic E-state index is 11.7. The third kappa shape index (κ3) is 3.54. The number of amides is 1. The Kier molecular flexibility index (Phi) is 5.09. The van der Waals surface area contributed by atoms with Crippen LogP contribution in [0.2, 0.25) is 10.2 Å². The second-order valence-electron chi connectivity index (χ2n) is 6.81. The van der Waals surface area contributed by atoms with Crippen molar-refractivity contribution in [3.8, 4) is 0 Å². The molecule has 5 nitrogen and oxygen atoms in total. The van der Waals surface area contributed by atoms with Gasteiger partial charge in [0.1, 0.15) is 5.15 Å². The van der Waals surface area contributed by atoms with Crippen molar-refractivity contribution in [2.45, 2.75) is 39.3 Å². The number of hydrogen-bond acceptors (Lipinski definition) is 4. The highest BCUT2D eigenvalue weighted by Crippen LogP contribution is 2.39. The lowest BCUT2D eigenvalue weighted by molar-refractivity contribution is -0.117. The van der Waals surface area contributed by atoms with E-state index < -0.39 is 5.91 Å². The molecule has 0 aliphatic carbocycles. The van der Waals surface area contributed by atoms with Gasteiger partial charge in [0.25, 0.3) is 0 Å². The quantitative estimate of drug-likeness (QED) is 0.802. The predicted molar refractivity (Wildman–Crippen MR) is 104 cm³/mol. The van der Waals surface area contributed by atoms with Crippen LogP contribution in [0, 0.1) is 6.92 Å². The van der Waals surface area contributed by atoms with Crippen molar-refractivity contribution >= 4 is 45.7 Å². The smallest absolute Gasteiger partial charge is 0.221 e. The number of nitrogens with one attached hydrogen (secondary N) is 1. The van der Waals surface area contributed by atoms with Crippen LogP contribution < -0.4 is 16.0 Å². The monoisotopic (exact) mass is 380 g/mol. The second kappa shape index (κ2) is 6.98. The number of carbonyl (C=O) groups excluding carboxylic acids is 1. The van der Waals surface area contributed by atoms with Crippen molar-refractivity contribution in [3.05, 3.63) is 33.4 Å². The number of halogens is 2. The predicted octanol–water partition coefficient (Wildman–Crippen LogP) is 3.06. The van der Waals surface area contributed by atoms with Crippen LogP contribution in [-0.2, 0) is 11.2 Å². The Bertz CT molecular complexity index is 830. The zero-order chi connectivity index (χ0) is 18.3. The molecule has 3 rings (SSSR count). The Hall–Kier alpha value is -1.56. The highest BCUT2D eigenvalue weighted by atomic mass is 35.5. The van der Waals surface area contributed by atoms with Crippen LogP contribution in [0.25, 0.3) is 10.9 Å². The van der Waals surface area contributed by atoms with Crippen LogP contribution in [0.1, 0.15) is 25.0 Å². The summed E-state index contributed by atoms with van der Waals surface area (Å²) in [6.45, 7) is 7.79. The molecule has 1 aliphatic rings. The van der Waals surface area contributed by atoms with Gasteiger partial charge < -0.3 is 16.0 Å². The number of aromatic nitrogens is 1. The van der Waals surface area contributed by atoms with Crippen molar-refractivity contribution < 1.29 is 4.79 Å². The van der Waals surface area contributed by atoms with Crippen LogP contribution in [-0.4, -0.2) is 36.1 Å². The van der Waals surface area contributed by atoms with Gasteiger partial charge in [0, 0.05) is 30.6 Å². The zero-order valence-electron chi connectivity index (χ0n) is 14.6. The maximum atomic E-state index is 11.7. The number of benzene rings is 1. The summed E-state index contributed by atoms with van der Waals surface area (Å²) in [5, 5.41) is 5.42. The molecule has 3 N–H and O–H groups in total. The standard InChI is InChI=1S/C18H22Cl2N4O/c1-9-7-24(8-10(2)22-9)17-13(19)4-5-14-16(17)12(6-15(21)25)11(3)18(20)23-14/h4-5,9-10,22H,6-8H2,1-3H3,(H2,21,25)/t9-,10+. The lowest BCUT2D eigenvalue weighted by Crippen LogP contribution is -2.54. The summed E-state index contributed by atoms with van der Waals surface area (Å²) in [5.74, 6) is -0.403. The van der Waals surface area contributed by atoms with E-state index in [1.54, 1.807) is 0 Å². The third-order valence-electron chi connectivity index (χ3n) is 4.61. The fourth-order valence-electron chi connectivity index (χ4n) is 3.66. The van der Waals surface area contributed by atoms with E-state index in [1.807, 2.05) is 19.1 Å². The molecule has 1 aromatic heterocycles. The number of hydrogen-bond donors (Lipinski definition) is 2. The third-order valence-corrected chi connectivity index (χ3v) is 5.29. The molecular formula is C18H22Cl2N4O. The number of nitrogens with zero attached hydrogens (tertiary/aromatic N) is 2. The Balaban J connectivity index is 2.28. The molecule has 2 heterocycles. The summed E-state index contributed by atoms with van der Waals surface area (Å²) in [6.07, 6.45) is 0.106. The molecule has 1 saturated heterocycles. The van der Waals surface area contributed by atoms with Crippen molar-refractivity contribution in [1.29, 1.82) is 0 Å². The van der Waals surface area contributed by atoms with Crippen LogP contribution in [0.15, 0.2) is 12.1 Å². The van der Waals surface area contributed by atoms with Crippen molar-refractivity contribution in [1.82, 2.24) is 10.3 Å². The van der Waals surface area contributed by atoms with Gasteiger partial charge >= 0.3 is 0 Å². The molecule has 0 spiro atoms. The molecule has 2 aromatic rings. The van der Waals surface area contributed by atoms with Crippen molar-refractivity contribution in [3.63, 3.8) is 0 Å². The summed E-state index contributed by atoms with van der Waals surface area (Å²) < 4.78 is 0. The van der Waals surface area contributed by atoms with Gasteiger partial charge in [0.2, 0.25) is 5.91 Å². The number of rotatable bonds is 3. The Morgan fingerprint density at radius 2 is 1.96 bits per heavy atom. The minimum absolute atomic E-state index is 0.106. The van der Waals surface area contributed by atoms with E-state index in [0.717, 1.165) is 40.8 Å². The van der Waals surface area contributed by atoms with Crippen LogP contribution >= 0.6 is 23.2 Å². The highest BCUT2D eigenvalue weighted by molar-refractivity contribution is 6.35. The maximum Gasteiger partial charge on any atom is 0.221 e. The summed E-state index contributed by atoms with van der Waals surface area (Å²) in [6, 6.07) is 4.34. The van der Waals surface area contributed by atoms with E-state index in [1.165, 1.54) is 0 Å². The minimum atomic E-state index is -0.403. The average Bonchev–Trinajstić information content (AvgIpc) is 2.51. The number of piperazine rings is 1. The van der Waals surface area contributed by atoms with Gasteiger partial charge in [-0.25, -0.2) is 4.98 Å². The molecule has 7 heteroatoms. The molecule has 0 radical (unpaired) electrons. The Labute approximate surface area is 157 Å². The molecule has 134 valence electrons. The van der Waals surface area contributed by atoms with E-state index in [4.69, 9.17) is 28.9 Å². The van der Waals surface area contributed by atoms with Gasteiger partial charge in [0.05, 0.1) is 22.6 Å². The van der Waals surface area contributed by atoms with Crippen molar-refractivity contribution in [2.75, 3.05) is 18.0 Å². The molecular weight excluding hydrogens is 359 g/mol. The largest absolute Gasteiger partial charge is 0.369 e. The normalized spacial score (nSPS) is 20.9. The molecule has 0 saturated carbocycles. The SMILES string of the molecule is Cc1c(Cl)nc2ccc(Cl)c(N3C[C@@H](C)N[C@@H](C)C3)c2c1CC(N)=O. The number of primary amides is 1. The van der Waals surface area contributed by atoms with Crippen LogP contribution in [0.4, 0.5) is 5.69 Å². The number of carbonyl (C=O) groups is 1. The zero-order valence-corrected chi connectivity index (χ0v) is 16.1. The first-order chi connectivity index (χ1) is 11.8. The molecule has 0 unspecified atom stereocenters. The Morgan fingerprint density at radius 1 is 1.32 bits per heavy atom. The van der Waals surface area contributed by atoms with E-state index in [2.05, 4.69) is 29.0 Å². The molecule has 1 fully saturated rings. The topological polar surface area (TPSA) is 71.2 Å². The number of anilines is 1. The summed E-state index contributed by atoms with van der Waals surface area (Å²) >= 11 is 12.9. The first kappa shape index (κ1) is 18.2. The fraction of sp³-hybridized carbons (Fsp3) is 0.444. The van der Waals surface area contributed by atoms with E-state index in [9.17, 15) is 4.79 Å². The number of nitrogens with two attached hydrogens (primary N) is 1. The van der Waals surface area contributed by atoms with Gasteiger partial charge in [-0.2, -0.15) is 0 Å². The average molecular weight is 381 g/mol. The van der Waals surface area contributed by atoms with Gasteiger partial charge in [0.15, 0.2) is 0 Å². The second-order valence-corrected chi connectivity index (χ2v) is 7.58. The minimum Gasteiger partial charge on any atom is -0.369 e. The van der Waals surface area contributed by atoms with Gasteiger partial charge in [-0.3, -0.25) is 4.79 Å². The molecule has 1 aromatic carbocycles. The molecule has 1 amide bonds. The highest BCUT2D eigenvalue weighted by Gasteiger charge is 2.26. The van der Waals surface area contributed by atoms with Gasteiger partial charge in [-0.15, -0.1) is 0 Å². The summed E-state index contributed by atoms with van der Waals surface area (Å²) in [5.41, 5.74) is 8.69. The summed E-state index contributed by atoms with van der Waals surface area (Å²) in [4.78, 5) is 18.4. The first-order valence-electron chi connectivity index (χ1n) is 8.34. The first-order valence-corrected chi connectivity index (χ1v) is 9.10. The molecule has 1 aliphatic heterocycles. The van der Waals surface area contributed by atoms with E-state index in [-0.39, 0.29) is 6.42 Å². The lowest BCUT2D eigenvalue weighted by atomic mass is 9.98. The molecule has 25 heavy (non-hydrogen) atoms. The van der Waals surface area contributed by atoms with Gasteiger partial charge in [-0.1, -0.05) is 23.2 Å². The van der Waals surface area contributed by atoms with Gasteiger partial charge in [-0.05, 0) is 44.0 Å². The number of fused-ring (bicyclic) bond motifs is 1. The van der Waals surface area contributed by atoms with E-state index in [0.29, 0.717) is 22.3 Å². The molecule has 0 bridgehead atoms. The number of pyridine rings is 1. The summed E-state index contributed by atoms with van der Waals surface area (Å²) in [7, 11) is 0.